The van der Waals surface area contributed by atoms with Gasteiger partial charge in [0, 0.05) is 6.04 Å². The summed E-state index contributed by atoms with van der Waals surface area (Å²) in [5.74, 6) is -0.809. The summed E-state index contributed by atoms with van der Waals surface area (Å²) in [5.41, 5.74) is 5.08. The molecule has 1 fully saturated rings. The zero-order chi connectivity index (χ0) is 11.3. The number of amides is 2. The highest BCUT2D eigenvalue weighted by atomic mass is 16.2. The first kappa shape index (κ1) is 11.5. The predicted octanol–water partition coefficient (Wildman–Crippen LogP) is 0.157. The summed E-state index contributed by atoms with van der Waals surface area (Å²) >= 11 is 0. The monoisotopic (exact) mass is 209 g/mol. The summed E-state index contributed by atoms with van der Waals surface area (Å²) in [6.07, 6.45) is 3.78. The van der Waals surface area contributed by atoms with Crippen molar-refractivity contribution in [2.45, 2.75) is 38.1 Å². The Morgan fingerprint density at radius 2 is 2.00 bits per heavy atom. The molecule has 0 spiro atoms. The highest BCUT2D eigenvalue weighted by Gasteiger charge is 2.27. The van der Waals surface area contributed by atoms with Gasteiger partial charge in [-0.05, 0) is 12.8 Å². The molecule has 0 heterocycles. The molecule has 0 radical (unpaired) electrons. The fourth-order valence-corrected chi connectivity index (χ4v) is 1.97. The zero-order valence-corrected chi connectivity index (χ0v) is 8.61. The molecule has 1 aliphatic carbocycles. The van der Waals surface area contributed by atoms with Crippen molar-refractivity contribution in [2.75, 3.05) is 6.54 Å². The van der Waals surface area contributed by atoms with E-state index in [0.717, 1.165) is 25.7 Å². The van der Waals surface area contributed by atoms with Gasteiger partial charge in [0.1, 0.15) is 6.42 Å². The topological polar surface area (TPSA) is 87.2 Å². The number of carbonyl (C=O) groups is 2. The van der Waals surface area contributed by atoms with Crippen molar-refractivity contribution in [3.8, 4) is 6.07 Å². The van der Waals surface area contributed by atoms with Crippen LogP contribution in [0.3, 0.4) is 0 Å². The van der Waals surface area contributed by atoms with E-state index in [9.17, 15) is 9.59 Å². The SMILES string of the molecule is N#CCC(=O)N(CC(N)=O)C1CCCC1. The average molecular weight is 209 g/mol. The molecule has 5 nitrogen and oxygen atoms in total. The van der Waals surface area contributed by atoms with Crippen LogP contribution in [0, 0.1) is 11.3 Å². The zero-order valence-electron chi connectivity index (χ0n) is 8.61. The summed E-state index contributed by atoms with van der Waals surface area (Å²) in [5, 5.41) is 8.45. The van der Waals surface area contributed by atoms with Crippen LogP contribution in [0.25, 0.3) is 0 Å². The van der Waals surface area contributed by atoms with E-state index in [-0.39, 0.29) is 24.9 Å². The second-order valence-corrected chi connectivity index (χ2v) is 3.76. The molecule has 0 unspecified atom stereocenters. The largest absolute Gasteiger partial charge is 0.368 e. The van der Waals surface area contributed by atoms with Gasteiger partial charge >= 0.3 is 0 Å². The average Bonchev–Trinajstić information content (AvgIpc) is 2.66. The van der Waals surface area contributed by atoms with Gasteiger partial charge in [-0.1, -0.05) is 12.8 Å². The molecule has 5 heteroatoms. The Kier molecular flexibility index (Phi) is 4.10. The lowest BCUT2D eigenvalue weighted by Crippen LogP contribution is -2.43. The van der Waals surface area contributed by atoms with Crippen LogP contribution in [0.4, 0.5) is 0 Å². The van der Waals surface area contributed by atoms with Gasteiger partial charge in [0.2, 0.25) is 11.8 Å². The van der Waals surface area contributed by atoms with Crippen molar-refractivity contribution in [3.05, 3.63) is 0 Å². The van der Waals surface area contributed by atoms with Gasteiger partial charge in [-0.3, -0.25) is 9.59 Å². The third-order valence-electron chi connectivity index (χ3n) is 2.64. The van der Waals surface area contributed by atoms with Crippen molar-refractivity contribution >= 4 is 11.8 Å². The Labute approximate surface area is 88.8 Å². The van der Waals surface area contributed by atoms with Crippen molar-refractivity contribution in [1.29, 1.82) is 5.26 Å². The molecule has 0 aromatic heterocycles. The molecule has 0 aromatic rings. The maximum absolute atomic E-state index is 11.6. The number of rotatable bonds is 4. The highest BCUT2D eigenvalue weighted by Crippen LogP contribution is 2.23. The van der Waals surface area contributed by atoms with Gasteiger partial charge < -0.3 is 10.6 Å². The van der Waals surface area contributed by atoms with Gasteiger partial charge in [0.25, 0.3) is 0 Å². The van der Waals surface area contributed by atoms with E-state index in [2.05, 4.69) is 0 Å². The lowest BCUT2D eigenvalue weighted by molar-refractivity contribution is -0.136. The maximum Gasteiger partial charge on any atom is 0.237 e. The Morgan fingerprint density at radius 1 is 1.40 bits per heavy atom. The number of nitriles is 1. The molecule has 15 heavy (non-hydrogen) atoms. The Morgan fingerprint density at radius 3 is 2.47 bits per heavy atom. The molecule has 1 rings (SSSR count). The van der Waals surface area contributed by atoms with E-state index in [1.54, 1.807) is 6.07 Å². The highest BCUT2D eigenvalue weighted by molar-refractivity contribution is 5.85. The number of hydrogen-bond donors (Lipinski definition) is 1. The predicted molar refractivity (Wildman–Crippen MR) is 53.4 cm³/mol. The van der Waals surface area contributed by atoms with E-state index >= 15 is 0 Å². The first-order chi connectivity index (χ1) is 7.15. The van der Waals surface area contributed by atoms with Crippen LogP contribution >= 0.6 is 0 Å². The first-order valence-corrected chi connectivity index (χ1v) is 5.10. The van der Waals surface area contributed by atoms with Crippen LogP contribution in [0.2, 0.25) is 0 Å². The smallest absolute Gasteiger partial charge is 0.237 e. The van der Waals surface area contributed by atoms with Gasteiger partial charge in [-0.25, -0.2) is 0 Å². The standard InChI is InChI=1S/C10H15N3O2/c11-6-5-10(15)13(7-9(12)14)8-3-1-2-4-8/h8H,1-5,7H2,(H2,12,14). The molecule has 82 valence electrons. The minimum atomic E-state index is -0.520. The molecular formula is C10H15N3O2. The van der Waals surface area contributed by atoms with E-state index in [4.69, 9.17) is 11.0 Å². The molecule has 0 aromatic carbocycles. The number of hydrogen-bond acceptors (Lipinski definition) is 3. The fourth-order valence-electron chi connectivity index (χ4n) is 1.97. The normalized spacial score (nSPS) is 15.9. The number of primary amides is 1. The van der Waals surface area contributed by atoms with E-state index in [1.165, 1.54) is 4.90 Å². The van der Waals surface area contributed by atoms with Gasteiger partial charge in [0.15, 0.2) is 0 Å². The van der Waals surface area contributed by atoms with Gasteiger partial charge in [-0.2, -0.15) is 5.26 Å². The summed E-state index contributed by atoms with van der Waals surface area (Å²) in [7, 11) is 0. The van der Waals surface area contributed by atoms with Crippen molar-refractivity contribution in [3.63, 3.8) is 0 Å². The summed E-state index contributed by atoms with van der Waals surface area (Å²) in [4.78, 5) is 23.8. The van der Waals surface area contributed by atoms with E-state index in [0.29, 0.717) is 0 Å². The van der Waals surface area contributed by atoms with Crippen molar-refractivity contribution in [1.82, 2.24) is 4.90 Å². The van der Waals surface area contributed by atoms with Crippen LogP contribution < -0.4 is 5.73 Å². The quantitative estimate of drug-likeness (QED) is 0.715. The van der Waals surface area contributed by atoms with Crippen LogP contribution in [-0.2, 0) is 9.59 Å². The fraction of sp³-hybridized carbons (Fsp3) is 0.700. The molecule has 0 atom stereocenters. The summed E-state index contributed by atoms with van der Waals surface area (Å²) in [6.45, 7) is -0.0643. The van der Waals surface area contributed by atoms with E-state index < -0.39 is 5.91 Å². The third-order valence-corrected chi connectivity index (χ3v) is 2.64. The second kappa shape index (κ2) is 5.35. The first-order valence-electron chi connectivity index (χ1n) is 5.10. The van der Waals surface area contributed by atoms with Crippen LogP contribution in [0.15, 0.2) is 0 Å². The van der Waals surface area contributed by atoms with Gasteiger partial charge in [0.05, 0.1) is 12.6 Å². The lowest BCUT2D eigenvalue weighted by Gasteiger charge is -2.26. The molecule has 1 saturated carbocycles. The number of nitrogens with two attached hydrogens (primary N) is 1. The summed E-state index contributed by atoms with van der Waals surface area (Å²) in [6, 6.07) is 1.90. The lowest BCUT2D eigenvalue weighted by atomic mass is 10.2. The van der Waals surface area contributed by atoms with Crippen LogP contribution in [0.1, 0.15) is 32.1 Å². The number of carbonyl (C=O) groups excluding carboxylic acids is 2. The van der Waals surface area contributed by atoms with Crippen LogP contribution in [-0.4, -0.2) is 29.3 Å². The molecular weight excluding hydrogens is 194 g/mol. The Bertz CT molecular complexity index is 290. The molecule has 2 N–H and O–H groups in total. The maximum atomic E-state index is 11.6. The molecule has 0 aliphatic heterocycles. The van der Waals surface area contributed by atoms with E-state index in [1.807, 2.05) is 0 Å². The minimum absolute atomic E-state index is 0.0643. The molecule has 1 aliphatic rings. The Hall–Kier alpha value is -1.57. The van der Waals surface area contributed by atoms with Gasteiger partial charge in [-0.15, -0.1) is 0 Å². The van der Waals surface area contributed by atoms with Crippen LogP contribution in [0.5, 0.6) is 0 Å². The molecule has 2 amide bonds. The molecule has 0 bridgehead atoms. The second-order valence-electron chi connectivity index (χ2n) is 3.76. The number of nitrogens with zero attached hydrogens (tertiary/aromatic N) is 2. The third kappa shape index (κ3) is 3.24. The Balaban J connectivity index is 2.63. The summed E-state index contributed by atoms with van der Waals surface area (Å²) < 4.78 is 0. The minimum Gasteiger partial charge on any atom is -0.368 e. The van der Waals surface area contributed by atoms with Crippen molar-refractivity contribution in [2.24, 2.45) is 5.73 Å². The molecule has 0 saturated heterocycles. The van der Waals surface area contributed by atoms with Crippen molar-refractivity contribution < 1.29 is 9.59 Å².